The fraction of sp³-hybridized carbons (Fsp3) is 0.625. The van der Waals surface area contributed by atoms with Gasteiger partial charge in [-0.3, -0.25) is 0 Å². The van der Waals surface area contributed by atoms with Crippen molar-refractivity contribution < 1.29 is 13.6 Å². The Balaban J connectivity index is 1.75. The van der Waals surface area contributed by atoms with Gasteiger partial charge in [0.2, 0.25) is 0 Å². The molecule has 0 heterocycles. The topological polar surface area (TPSA) is 27.7 Å². The molecule has 5 heteroatoms. The Bertz CT molecular complexity index is 1260. The molecule has 0 fully saturated rings. The van der Waals surface area contributed by atoms with Gasteiger partial charge in [-0.1, -0.05) is 192 Å². The van der Waals surface area contributed by atoms with Crippen LogP contribution in [-0.2, 0) is 31.1 Å². The molecule has 0 aromatic heterocycles. The lowest BCUT2D eigenvalue weighted by atomic mass is 10.0. The molecule has 3 rings (SSSR count). The van der Waals surface area contributed by atoms with Gasteiger partial charge in [-0.25, -0.2) is 0 Å². The smallest absolute Gasteiger partial charge is 0.407 e. The molecule has 53 heavy (non-hydrogen) atoms. The molecule has 0 bridgehead atoms. The van der Waals surface area contributed by atoms with Crippen LogP contribution in [0.5, 0.6) is 17.2 Å². The van der Waals surface area contributed by atoms with Crippen LogP contribution in [0.4, 0.5) is 0 Å². The molecular weight excluding hydrogens is 688 g/mol. The summed E-state index contributed by atoms with van der Waals surface area (Å²) in [6.45, 7) is 10.6. The lowest BCUT2D eigenvalue weighted by Crippen LogP contribution is -2.10. The number of rotatable bonds is 30. The summed E-state index contributed by atoms with van der Waals surface area (Å²) in [7, 11) is 0. The minimum Gasteiger partial charge on any atom is -0.407 e. The van der Waals surface area contributed by atoms with Crippen LogP contribution in [0, 0.1) is 17.8 Å². The Labute approximate surface area is 331 Å². The molecule has 296 valence electrons. The molecule has 3 aromatic carbocycles. The van der Waals surface area contributed by atoms with Crippen molar-refractivity contribution in [1.29, 1.82) is 0 Å². The van der Waals surface area contributed by atoms with Crippen LogP contribution in [0.1, 0.15) is 174 Å². The Kier molecular flexibility index (Phi) is 22.6. The first-order valence-electron chi connectivity index (χ1n) is 21.6. The third kappa shape index (κ3) is 19.7. The summed E-state index contributed by atoms with van der Waals surface area (Å²) in [4.78, 5) is 0. The molecule has 0 spiro atoms. The third-order valence-corrected chi connectivity index (χ3v) is 12.2. The minimum absolute atomic E-state index is 0.786. The van der Waals surface area contributed by atoms with Gasteiger partial charge in [0.15, 0.2) is 0 Å². The second kappa shape index (κ2) is 26.5. The van der Waals surface area contributed by atoms with Crippen LogP contribution in [0.15, 0.2) is 72.8 Å². The summed E-state index contributed by atoms with van der Waals surface area (Å²) < 4.78 is 20.5. The SMILES string of the molecule is CC(C)CCCCCCCc1ccccc1OP(=S)(Oc1ccccc1CCCCCCCC(C)C)Oc1ccccc1CCCCCCCC(C)C. The summed E-state index contributed by atoms with van der Waals surface area (Å²) in [5.74, 6) is 4.73. The summed E-state index contributed by atoms with van der Waals surface area (Å²) >= 11 is 6.38. The second-order valence-electron chi connectivity index (χ2n) is 16.6. The highest BCUT2D eigenvalue weighted by Crippen LogP contribution is 2.52. The number of unbranched alkanes of at least 4 members (excludes halogenated alkanes) is 12. The molecule has 0 radical (unpaired) electrons. The van der Waals surface area contributed by atoms with Crippen molar-refractivity contribution in [3.8, 4) is 17.2 Å². The first-order valence-corrected chi connectivity index (χ1v) is 24.1. The molecule has 0 aliphatic heterocycles. The number of hydrogen-bond acceptors (Lipinski definition) is 4. The zero-order valence-electron chi connectivity index (χ0n) is 34.6. The Morgan fingerprint density at radius 2 is 0.623 bits per heavy atom. The Morgan fingerprint density at radius 3 is 0.906 bits per heavy atom. The number of hydrogen-bond donors (Lipinski definition) is 0. The number of aryl methyl sites for hydroxylation is 3. The highest BCUT2D eigenvalue weighted by atomic mass is 32.5. The Hall–Kier alpha value is -2.29. The van der Waals surface area contributed by atoms with Gasteiger partial charge in [-0.15, -0.1) is 0 Å². The van der Waals surface area contributed by atoms with Crippen molar-refractivity contribution in [2.75, 3.05) is 0 Å². The van der Waals surface area contributed by atoms with Crippen LogP contribution < -0.4 is 13.6 Å². The average Bonchev–Trinajstić information content (AvgIpc) is 3.12. The highest BCUT2D eigenvalue weighted by molar-refractivity contribution is 8.08. The van der Waals surface area contributed by atoms with Crippen molar-refractivity contribution in [3.63, 3.8) is 0 Å². The van der Waals surface area contributed by atoms with Gasteiger partial charge < -0.3 is 13.6 Å². The summed E-state index contributed by atoms with van der Waals surface area (Å²) in [5, 5.41) is 0. The maximum Gasteiger partial charge on any atom is 0.490 e. The van der Waals surface area contributed by atoms with E-state index in [1.54, 1.807) is 0 Å². The lowest BCUT2D eigenvalue weighted by molar-refractivity contribution is 0.378. The van der Waals surface area contributed by atoms with E-state index in [1.807, 2.05) is 36.4 Å². The minimum atomic E-state index is -3.32. The van der Waals surface area contributed by atoms with Crippen LogP contribution >= 0.6 is 6.72 Å². The Morgan fingerprint density at radius 1 is 0.377 bits per heavy atom. The van der Waals surface area contributed by atoms with Gasteiger partial charge in [-0.05, 0) is 91.2 Å². The molecule has 0 N–H and O–H groups in total. The molecular formula is C48H75O3PS. The largest absolute Gasteiger partial charge is 0.490 e. The first-order chi connectivity index (χ1) is 25.6. The summed E-state index contributed by atoms with van der Waals surface area (Å²) in [5.41, 5.74) is 3.52. The molecule has 0 saturated carbocycles. The predicted molar refractivity (Wildman–Crippen MR) is 234 cm³/mol. The molecule has 3 aromatic rings. The van der Waals surface area contributed by atoms with Crippen LogP contribution in [0.25, 0.3) is 0 Å². The van der Waals surface area contributed by atoms with Crippen LogP contribution in [0.3, 0.4) is 0 Å². The summed E-state index contributed by atoms with van der Waals surface area (Å²) in [6, 6.07) is 25.1. The molecule has 0 aliphatic rings. The van der Waals surface area contributed by atoms with E-state index in [9.17, 15) is 0 Å². The molecule has 0 aliphatic carbocycles. The number of benzene rings is 3. The van der Waals surface area contributed by atoms with Crippen LogP contribution in [0.2, 0.25) is 0 Å². The van der Waals surface area contributed by atoms with E-state index in [0.717, 1.165) is 73.5 Å². The standard InChI is InChI=1S/C48H75O3PS/c1-40(2)28-16-10-7-13-19-31-43-34-22-25-37-46(43)49-52(53,50-47-38-26-23-35-44(47)32-20-14-8-11-17-29-41(3)4)51-48-39-27-24-36-45(48)33-21-15-9-12-18-30-42(5)6/h22-27,34-42H,7-21,28-33H2,1-6H3. The van der Waals surface area contributed by atoms with Crippen molar-refractivity contribution in [1.82, 2.24) is 0 Å². The zero-order valence-corrected chi connectivity index (χ0v) is 36.3. The van der Waals surface area contributed by atoms with Gasteiger partial charge in [-0.2, -0.15) is 0 Å². The van der Waals surface area contributed by atoms with E-state index in [-0.39, 0.29) is 0 Å². The van der Waals surface area contributed by atoms with E-state index in [2.05, 4.69) is 77.9 Å². The molecule has 3 nitrogen and oxygen atoms in total. The molecule has 0 amide bonds. The fourth-order valence-corrected chi connectivity index (χ4v) is 9.10. The highest BCUT2D eigenvalue weighted by Gasteiger charge is 2.29. The van der Waals surface area contributed by atoms with Gasteiger partial charge in [0.1, 0.15) is 17.2 Å². The lowest BCUT2D eigenvalue weighted by Gasteiger charge is -2.26. The van der Waals surface area contributed by atoms with E-state index in [0.29, 0.717) is 0 Å². The fourth-order valence-electron chi connectivity index (χ4n) is 7.01. The van der Waals surface area contributed by atoms with E-state index in [4.69, 9.17) is 25.4 Å². The van der Waals surface area contributed by atoms with E-state index in [1.165, 1.54) is 113 Å². The summed E-state index contributed by atoms with van der Waals surface area (Å²) in [6.07, 6.45) is 25.7. The first kappa shape index (κ1) is 45.1. The quantitative estimate of drug-likeness (QED) is 0.0499. The van der Waals surface area contributed by atoms with Gasteiger partial charge in [0.05, 0.1) is 0 Å². The predicted octanol–water partition coefficient (Wildman–Crippen LogP) is 16.1. The van der Waals surface area contributed by atoms with E-state index >= 15 is 0 Å². The zero-order chi connectivity index (χ0) is 38.2. The molecule has 0 saturated heterocycles. The van der Waals surface area contributed by atoms with Crippen molar-refractivity contribution in [2.45, 2.75) is 176 Å². The third-order valence-electron chi connectivity index (χ3n) is 10.2. The average molecular weight is 763 g/mol. The van der Waals surface area contributed by atoms with Crippen LogP contribution in [-0.4, -0.2) is 0 Å². The van der Waals surface area contributed by atoms with E-state index < -0.39 is 6.72 Å². The maximum absolute atomic E-state index is 6.83. The van der Waals surface area contributed by atoms with Gasteiger partial charge in [0, 0.05) is 11.8 Å². The van der Waals surface area contributed by atoms with Crippen molar-refractivity contribution in [2.24, 2.45) is 17.8 Å². The van der Waals surface area contributed by atoms with Crippen molar-refractivity contribution >= 4 is 18.5 Å². The second-order valence-corrected chi connectivity index (χ2v) is 19.4. The number of para-hydroxylation sites is 3. The van der Waals surface area contributed by atoms with Crippen molar-refractivity contribution in [3.05, 3.63) is 89.5 Å². The molecule has 0 atom stereocenters. The van der Waals surface area contributed by atoms with Gasteiger partial charge in [0.25, 0.3) is 0 Å². The monoisotopic (exact) mass is 763 g/mol. The molecule has 0 unspecified atom stereocenters. The maximum atomic E-state index is 6.83. The van der Waals surface area contributed by atoms with Gasteiger partial charge >= 0.3 is 6.72 Å². The normalized spacial score (nSPS) is 11.9.